The monoisotopic (exact) mass is 336 g/mol. The third kappa shape index (κ3) is 5.92. The number of hydrogen-bond acceptors (Lipinski definition) is 6. The third-order valence-corrected chi connectivity index (χ3v) is 4.74. The Morgan fingerprint density at radius 3 is 2.70 bits per heavy atom. The number of ether oxygens (including phenoxy) is 1. The van der Waals surface area contributed by atoms with Crippen LogP contribution in [0.3, 0.4) is 0 Å². The number of thiophene rings is 1. The van der Waals surface area contributed by atoms with E-state index in [-0.39, 0.29) is 5.91 Å². The van der Waals surface area contributed by atoms with Crippen LogP contribution in [0.1, 0.15) is 18.9 Å². The maximum absolute atomic E-state index is 12.0. The zero-order valence-electron chi connectivity index (χ0n) is 13.6. The van der Waals surface area contributed by atoms with E-state index in [1.54, 1.807) is 6.07 Å². The fourth-order valence-electron chi connectivity index (χ4n) is 2.52. The highest BCUT2D eigenvalue weighted by Crippen LogP contribution is 2.22. The SMILES string of the molecule is CCOCCN1CCN(CCC(=O)Nc2sccc2C#N)CC1. The molecule has 1 saturated heterocycles. The molecule has 1 aromatic rings. The van der Waals surface area contributed by atoms with Crippen molar-refractivity contribution < 1.29 is 9.53 Å². The first kappa shape index (κ1) is 17.9. The molecule has 2 rings (SSSR count). The molecule has 126 valence electrons. The first-order valence-corrected chi connectivity index (χ1v) is 8.90. The van der Waals surface area contributed by atoms with E-state index in [4.69, 9.17) is 10.00 Å². The van der Waals surface area contributed by atoms with Crippen LogP contribution in [0.5, 0.6) is 0 Å². The quantitative estimate of drug-likeness (QED) is 0.730. The molecule has 7 heteroatoms. The Hall–Kier alpha value is -1.46. The molecule has 0 unspecified atom stereocenters. The van der Waals surface area contributed by atoms with Crippen molar-refractivity contribution in [2.45, 2.75) is 13.3 Å². The van der Waals surface area contributed by atoms with Gasteiger partial charge in [0.05, 0.1) is 12.2 Å². The van der Waals surface area contributed by atoms with Crippen molar-refractivity contribution >= 4 is 22.2 Å². The van der Waals surface area contributed by atoms with Crippen molar-refractivity contribution in [2.75, 3.05) is 57.8 Å². The summed E-state index contributed by atoms with van der Waals surface area (Å²) in [5.41, 5.74) is 0.534. The summed E-state index contributed by atoms with van der Waals surface area (Å²) in [4.78, 5) is 16.7. The lowest BCUT2D eigenvalue weighted by atomic mass is 10.2. The van der Waals surface area contributed by atoms with E-state index < -0.39 is 0 Å². The fraction of sp³-hybridized carbons (Fsp3) is 0.625. The van der Waals surface area contributed by atoms with Gasteiger partial charge < -0.3 is 15.0 Å². The van der Waals surface area contributed by atoms with Gasteiger partial charge in [0.25, 0.3) is 0 Å². The molecular formula is C16H24N4O2S. The second kappa shape index (κ2) is 9.63. The molecule has 23 heavy (non-hydrogen) atoms. The number of carbonyl (C=O) groups is 1. The average molecular weight is 336 g/mol. The predicted molar refractivity (Wildman–Crippen MR) is 91.7 cm³/mol. The highest BCUT2D eigenvalue weighted by molar-refractivity contribution is 7.14. The van der Waals surface area contributed by atoms with Crippen molar-refractivity contribution in [3.8, 4) is 6.07 Å². The molecule has 0 radical (unpaired) electrons. The summed E-state index contributed by atoms with van der Waals surface area (Å²) in [6.45, 7) is 9.35. The topological polar surface area (TPSA) is 68.6 Å². The molecule has 1 aliphatic heterocycles. The summed E-state index contributed by atoms with van der Waals surface area (Å²) in [7, 11) is 0. The number of piperazine rings is 1. The molecule has 1 aliphatic rings. The Bertz CT molecular complexity index is 532. The van der Waals surface area contributed by atoms with Gasteiger partial charge in [-0.3, -0.25) is 9.69 Å². The van der Waals surface area contributed by atoms with Crippen LogP contribution in [0.15, 0.2) is 11.4 Å². The van der Waals surface area contributed by atoms with Crippen molar-refractivity contribution in [2.24, 2.45) is 0 Å². The molecular weight excluding hydrogens is 312 g/mol. The minimum atomic E-state index is -0.0253. The van der Waals surface area contributed by atoms with Crippen molar-refractivity contribution in [1.29, 1.82) is 5.26 Å². The molecule has 0 saturated carbocycles. The number of hydrogen-bond donors (Lipinski definition) is 1. The number of nitrogens with zero attached hydrogens (tertiary/aromatic N) is 3. The molecule has 1 aromatic heterocycles. The van der Waals surface area contributed by atoms with Crippen molar-refractivity contribution in [1.82, 2.24) is 9.80 Å². The van der Waals surface area contributed by atoms with Crippen molar-refractivity contribution in [3.05, 3.63) is 17.0 Å². The summed E-state index contributed by atoms with van der Waals surface area (Å²) in [5, 5.41) is 14.2. The molecule has 6 nitrogen and oxygen atoms in total. The van der Waals surface area contributed by atoms with Gasteiger partial charge >= 0.3 is 0 Å². The number of anilines is 1. The Labute approximate surface area is 141 Å². The smallest absolute Gasteiger partial charge is 0.226 e. The van der Waals surface area contributed by atoms with Crippen LogP contribution in [0, 0.1) is 11.3 Å². The molecule has 2 heterocycles. The number of rotatable bonds is 8. The van der Waals surface area contributed by atoms with Gasteiger partial charge in [-0.05, 0) is 18.4 Å². The van der Waals surface area contributed by atoms with E-state index in [1.807, 2.05) is 12.3 Å². The van der Waals surface area contributed by atoms with Gasteiger partial charge in [-0.1, -0.05) is 0 Å². The molecule has 0 aromatic carbocycles. The Morgan fingerprint density at radius 1 is 1.35 bits per heavy atom. The molecule has 1 N–H and O–H groups in total. The first-order valence-electron chi connectivity index (χ1n) is 8.02. The number of amides is 1. The highest BCUT2D eigenvalue weighted by atomic mass is 32.1. The summed E-state index contributed by atoms with van der Waals surface area (Å²) in [6, 6.07) is 3.81. The van der Waals surface area contributed by atoms with Gasteiger partial charge in [0, 0.05) is 52.3 Å². The molecule has 0 spiro atoms. The number of nitrogens with one attached hydrogen (secondary N) is 1. The van der Waals surface area contributed by atoms with E-state index >= 15 is 0 Å². The zero-order chi connectivity index (χ0) is 16.5. The molecule has 1 amide bonds. The molecule has 0 aliphatic carbocycles. The van der Waals surface area contributed by atoms with E-state index in [0.29, 0.717) is 17.0 Å². The van der Waals surface area contributed by atoms with Gasteiger partial charge in [-0.25, -0.2) is 0 Å². The second-order valence-corrected chi connectivity index (χ2v) is 6.37. The van der Waals surface area contributed by atoms with E-state index in [0.717, 1.165) is 52.5 Å². The van der Waals surface area contributed by atoms with Crippen LogP contribution in [0.4, 0.5) is 5.00 Å². The predicted octanol–water partition coefficient (Wildman–Crippen LogP) is 1.60. The Kier molecular flexibility index (Phi) is 7.49. The highest BCUT2D eigenvalue weighted by Gasteiger charge is 2.17. The Morgan fingerprint density at radius 2 is 2.04 bits per heavy atom. The molecule has 1 fully saturated rings. The summed E-state index contributed by atoms with van der Waals surface area (Å²) < 4.78 is 5.38. The van der Waals surface area contributed by atoms with Gasteiger partial charge in [0.1, 0.15) is 11.1 Å². The minimum absolute atomic E-state index is 0.0253. The first-order chi connectivity index (χ1) is 11.2. The van der Waals surface area contributed by atoms with Gasteiger partial charge in [0.15, 0.2) is 0 Å². The number of nitriles is 1. The standard InChI is InChI=1S/C16H24N4O2S/c1-2-22-11-10-20-8-6-19(7-9-20)5-3-15(21)18-16-14(13-17)4-12-23-16/h4,12H,2-3,5-11H2,1H3,(H,18,21). The Balaban J connectivity index is 1.63. The van der Waals surface area contributed by atoms with E-state index in [9.17, 15) is 4.79 Å². The number of carbonyl (C=O) groups excluding carboxylic acids is 1. The van der Waals surface area contributed by atoms with Crippen LogP contribution in [-0.4, -0.2) is 68.2 Å². The van der Waals surface area contributed by atoms with Crippen LogP contribution in [-0.2, 0) is 9.53 Å². The summed E-state index contributed by atoms with van der Waals surface area (Å²) >= 11 is 1.39. The fourth-order valence-corrected chi connectivity index (χ4v) is 3.27. The molecule has 0 bridgehead atoms. The van der Waals surface area contributed by atoms with Crippen LogP contribution in [0.25, 0.3) is 0 Å². The largest absolute Gasteiger partial charge is 0.380 e. The maximum atomic E-state index is 12.0. The van der Waals surface area contributed by atoms with E-state index in [2.05, 4.69) is 21.2 Å². The zero-order valence-corrected chi connectivity index (χ0v) is 14.4. The van der Waals surface area contributed by atoms with Crippen molar-refractivity contribution in [3.63, 3.8) is 0 Å². The van der Waals surface area contributed by atoms with Gasteiger partial charge in [0.2, 0.25) is 5.91 Å². The van der Waals surface area contributed by atoms with Crippen LogP contribution >= 0.6 is 11.3 Å². The lowest BCUT2D eigenvalue weighted by Gasteiger charge is -2.34. The van der Waals surface area contributed by atoms with E-state index in [1.165, 1.54) is 11.3 Å². The average Bonchev–Trinajstić information content (AvgIpc) is 3.01. The van der Waals surface area contributed by atoms with Gasteiger partial charge in [-0.15, -0.1) is 11.3 Å². The third-order valence-electron chi connectivity index (χ3n) is 3.91. The summed E-state index contributed by atoms with van der Waals surface area (Å²) in [6.07, 6.45) is 0.460. The van der Waals surface area contributed by atoms with Crippen LogP contribution < -0.4 is 5.32 Å². The lowest BCUT2D eigenvalue weighted by Crippen LogP contribution is -2.47. The minimum Gasteiger partial charge on any atom is -0.380 e. The molecule has 0 atom stereocenters. The maximum Gasteiger partial charge on any atom is 0.226 e. The normalized spacial score (nSPS) is 16.2. The summed E-state index contributed by atoms with van der Waals surface area (Å²) in [5.74, 6) is -0.0253. The lowest BCUT2D eigenvalue weighted by molar-refractivity contribution is -0.116. The van der Waals surface area contributed by atoms with Gasteiger partial charge in [-0.2, -0.15) is 5.26 Å². The second-order valence-electron chi connectivity index (χ2n) is 5.45. The van der Waals surface area contributed by atoms with Crippen LogP contribution in [0.2, 0.25) is 0 Å².